The summed E-state index contributed by atoms with van der Waals surface area (Å²) in [6.45, 7) is -4.53. The van der Waals surface area contributed by atoms with Gasteiger partial charge in [-0.05, 0) is 0 Å². The van der Waals surface area contributed by atoms with Crippen LogP contribution in [0.15, 0.2) is 115 Å². The van der Waals surface area contributed by atoms with Crippen LogP contribution < -0.4 is 21.2 Å². The second-order valence-electron chi connectivity index (χ2n) is 8.27. The Hall–Kier alpha value is -4.18. The molecule has 4 aromatic carbocycles. The van der Waals surface area contributed by atoms with Crippen LogP contribution in [0.4, 0.5) is 13.2 Å². The molecule has 4 aromatic rings. The molecule has 4 rings (SSSR count). The van der Waals surface area contributed by atoms with Crippen molar-refractivity contribution in [2.24, 2.45) is 0 Å². The van der Waals surface area contributed by atoms with Crippen molar-refractivity contribution in [3.8, 4) is 12.1 Å². The molecule has 0 heterocycles. The molecule has 0 aromatic heterocycles. The second-order valence-corrected chi connectivity index (χ2v) is 12.7. The van der Waals surface area contributed by atoms with E-state index in [1.807, 2.05) is 97.1 Å². The number of hydrogen-bond acceptors (Lipinski definition) is 6. The molecular formula is C28H21BF3N2O4P. The van der Waals surface area contributed by atoms with Crippen molar-refractivity contribution in [3.05, 3.63) is 121 Å². The van der Waals surface area contributed by atoms with Crippen LogP contribution in [-0.2, 0) is 25.6 Å². The van der Waals surface area contributed by atoms with E-state index < -0.39 is 20.3 Å². The Bertz CT molecular complexity index is 1380. The molecular weight excluding hydrogens is 527 g/mol. The summed E-state index contributed by atoms with van der Waals surface area (Å²) < 4.78 is 45.8. The Morgan fingerprint density at radius 1 is 0.692 bits per heavy atom. The summed E-state index contributed by atoms with van der Waals surface area (Å²) in [4.78, 5) is 9.78. The monoisotopic (exact) mass is 548 g/mol. The third-order valence-corrected chi connectivity index (χ3v) is 12.0. The van der Waals surface area contributed by atoms with E-state index in [1.54, 1.807) is 18.2 Å². The van der Waals surface area contributed by atoms with Crippen molar-refractivity contribution < 1.29 is 32.2 Å². The van der Waals surface area contributed by atoms with E-state index in [-0.39, 0.29) is 6.61 Å². The van der Waals surface area contributed by atoms with Gasteiger partial charge in [-0.25, -0.2) is 0 Å². The van der Waals surface area contributed by atoms with Crippen LogP contribution in [0.2, 0.25) is 0 Å². The Labute approximate surface area is 223 Å². The Morgan fingerprint density at radius 3 is 1.59 bits per heavy atom. The summed E-state index contributed by atoms with van der Waals surface area (Å²) in [5.74, 6) is 2.78. The van der Waals surface area contributed by atoms with Crippen molar-refractivity contribution in [1.82, 2.24) is 0 Å². The van der Waals surface area contributed by atoms with Crippen LogP contribution >= 0.6 is 6.60 Å². The van der Waals surface area contributed by atoms with Gasteiger partial charge in [0.1, 0.15) is 0 Å². The number of halogens is 3. The van der Waals surface area contributed by atoms with Crippen molar-refractivity contribution in [3.63, 3.8) is 0 Å². The molecule has 11 heteroatoms. The molecule has 0 fully saturated rings. The van der Waals surface area contributed by atoms with Crippen molar-refractivity contribution >= 4 is 35.1 Å². The summed E-state index contributed by atoms with van der Waals surface area (Å²) in [6.07, 6.45) is -4.05. The first kappa shape index (κ1) is 27.8. The first-order valence-corrected chi connectivity index (χ1v) is 13.9. The fourth-order valence-corrected chi connectivity index (χ4v) is 10.3. The zero-order valence-corrected chi connectivity index (χ0v) is 21.3. The Kier molecular flexibility index (Phi) is 8.35. The quantitative estimate of drug-likeness (QED) is 0.0932. The van der Waals surface area contributed by atoms with Crippen LogP contribution in [-0.4, -0.2) is 13.7 Å². The number of hydrogen-bond donors (Lipinski definition) is 0. The zero-order valence-electron chi connectivity index (χ0n) is 20.4. The molecule has 6 nitrogen and oxygen atoms in total. The van der Waals surface area contributed by atoms with Crippen molar-refractivity contribution in [1.29, 1.82) is 10.5 Å². The normalized spacial score (nSPS) is 12.4. The maximum atomic E-state index is 12.7. The molecule has 0 amide bonds. The van der Waals surface area contributed by atoms with E-state index >= 15 is 0 Å². The molecule has 0 N–H and O–H groups in total. The SMILES string of the molecule is N#COB(OOCc1ccccc1P(C#N)(c1ccccc1)(c1ccccc1)c1ccccc1)OC(F)(F)F. The van der Waals surface area contributed by atoms with E-state index in [0.29, 0.717) is 10.9 Å². The van der Waals surface area contributed by atoms with Crippen LogP contribution in [0.1, 0.15) is 5.56 Å². The van der Waals surface area contributed by atoms with E-state index in [1.165, 1.54) is 0 Å². The molecule has 0 saturated heterocycles. The third-order valence-electron chi connectivity index (χ3n) is 6.23. The predicted molar refractivity (Wildman–Crippen MR) is 142 cm³/mol. The van der Waals surface area contributed by atoms with Gasteiger partial charge in [0.05, 0.1) is 0 Å². The van der Waals surface area contributed by atoms with E-state index in [0.717, 1.165) is 22.2 Å². The van der Waals surface area contributed by atoms with Gasteiger partial charge in [-0.3, -0.25) is 0 Å². The summed E-state index contributed by atoms with van der Waals surface area (Å²) in [5.41, 5.74) is 0.482. The van der Waals surface area contributed by atoms with Crippen LogP contribution in [0.3, 0.4) is 0 Å². The number of nitriles is 2. The molecule has 0 radical (unpaired) electrons. The van der Waals surface area contributed by atoms with Gasteiger partial charge < -0.3 is 0 Å². The average Bonchev–Trinajstić information content (AvgIpc) is 2.96. The average molecular weight is 548 g/mol. The van der Waals surface area contributed by atoms with Crippen LogP contribution in [0.25, 0.3) is 0 Å². The molecule has 0 unspecified atom stereocenters. The summed E-state index contributed by atoms with van der Waals surface area (Å²) in [6, 6.07) is 35.2. The van der Waals surface area contributed by atoms with E-state index in [4.69, 9.17) is 10.1 Å². The van der Waals surface area contributed by atoms with Crippen molar-refractivity contribution in [2.75, 3.05) is 0 Å². The molecule has 39 heavy (non-hydrogen) atoms. The molecule has 0 aliphatic rings. The van der Waals surface area contributed by atoms with Gasteiger partial charge in [-0.15, -0.1) is 0 Å². The van der Waals surface area contributed by atoms with E-state index in [9.17, 15) is 18.4 Å². The first-order chi connectivity index (χ1) is 18.8. The zero-order chi connectivity index (χ0) is 27.8. The van der Waals surface area contributed by atoms with Gasteiger partial charge in [0, 0.05) is 0 Å². The summed E-state index contributed by atoms with van der Waals surface area (Å²) in [7, 11) is -2.47. The third kappa shape index (κ3) is 5.24. The number of rotatable bonds is 10. The molecule has 196 valence electrons. The minimum atomic E-state index is -5.14. The topological polar surface area (TPSA) is 84.5 Å². The number of alkyl halides is 3. The number of nitrogens with zero attached hydrogens (tertiary/aromatic N) is 2. The standard InChI is InChI=1S/C28H21BF3N2O4P/c30-28(31,32)37-29(35-21-33)38-36-20-23-12-10-11-19-27(23)39(22-34,24-13-4-1-5-14-24,25-15-6-2-7-16-25)26-17-8-3-9-18-26/h1-19H,20H2. The summed E-state index contributed by atoms with van der Waals surface area (Å²) in [5, 5.41) is 23.0. The molecule has 0 saturated carbocycles. The van der Waals surface area contributed by atoms with Crippen LogP contribution in [0, 0.1) is 22.6 Å². The fourth-order valence-electron chi connectivity index (χ4n) is 4.71. The fraction of sp³-hybridized carbons (Fsp3) is 0.0714. The maximum absolute atomic E-state index is 12.7. The Balaban J connectivity index is 1.93. The van der Waals surface area contributed by atoms with Gasteiger partial charge in [0.2, 0.25) is 0 Å². The Morgan fingerprint density at radius 2 is 1.15 bits per heavy atom. The van der Waals surface area contributed by atoms with Crippen molar-refractivity contribution in [2.45, 2.75) is 13.0 Å². The van der Waals surface area contributed by atoms with Gasteiger partial charge >= 0.3 is 224 Å². The number of benzene rings is 4. The minimum absolute atomic E-state index is 0.380. The molecule has 0 aliphatic heterocycles. The van der Waals surface area contributed by atoms with Gasteiger partial charge in [-0.2, -0.15) is 0 Å². The van der Waals surface area contributed by atoms with Gasteiger partial charge in [-0.1, -0.05) is 0 Å². The van der Waals surface area contributed by atoms with Gasteiger partial charge in [0.15, 0.2) is 0 Å². The van der Waals surface area contributed by atoms with Crippen LogP contribution in [0.5, 0.6) is 0 Å². The van der Waals surface area contributed by atoms with Gasteiger partial charge in [0.25, 0.3) is 0 Å². The second kappa shape index (κ2) is 11.7. The molecule has 0 atom stereocenters. The molecule has 0 bridgehead atoms. The molecule has 0 spiro atoms. The molecule has 0 aliphatic carbocycles. The first-order valence-electron chi connectivity index (χ1n) is 11.6. The van der Waals surface area contributed by atoms with E-state index in [2.05, 4.69) is 19.9 Å². The predicted octanol–water partition coefficient (Wildman–Crippen LogP) is 4.79. The summed E-state index contributed by atoms with van der Waals surface area (Å²) >= 11 is 0.